The molecule has 0 saturated carbocycles. The van der Waals surface area contributed by atoms with Crippen molar-refractivity contribution in [2.24, 2.45) is 4.99 Å². The molecule has 1 aromatic heterocycles. The van der Waals surface area contributed by atoms with Crippen LogP contribution in [0.1, 0.15) is 49.3 Å². The minimum Gasteiger partial charge on any atom is -0.359 e. The molecule has 2 aromatic rings. The molecule has 1 aromatic carbocycles. The summed E-state index contributed by atoms with van der Waals surface area (Å²) < 4.78 is 5.32. The van der Waals surface area contributed by atoms with E-state index in [-0.39, 0.29) is 24.0 Å². The van der Waals surface area contributed by atoms with Gasteiger partial charge in [-0.15, -0.1) is 24.0 Å². The van der Waals surface area contributed by atoms with Gasteiger partial charge in [-0.25, -0.2) is 0 Å². The standard InChI is InChI=1S/C19H28N4O.HI/c1-5-15-6-8-16(9-7-15)10-11-21-19(20-4)22-13-17-12-18(14(2)3)23-24-17;/h6-9,12,14H,5,10-11,13H2,1-4H3,(H2,20,21,22);1H. The predicted molar refractivity (Wildman–Crippen MR) is 114 cm³/mol. The second-order valence-corrected chi connectivity index (χ2v) is 6.15. The number of guanidine groups is 1. The summed E-state index contributed by atoms with van der Waals surface area (Å²) in [6.45, 7) is 7.78. The second-order valence-electron chi connectivity index (χ2n) is 6.15. The van der Waals surface area contributed by atoms with Gasteiger partial charge < -0.3 is 15.2 Å². The average molecular weight is 456 g/mol. The molecule has 0 radical (unpaired) electrons. The van der Waals surface area contributed by atoms with Crippen molar-refractivity contribution < 1.29 is 4.52 Å². The van der Waals surface area contributed by atoms with Crippen molar-refractivity contribution in [3.8, 4) is 0 Å². The van der Waals surface area contributed by atoms with Crippen LogP contribution in [0.2, 0.25) is 0 Å². The monoisotopic (exact) mass is 456 g/mol. The first-order valence-electron chi connectivity index (χ1n) is 8.60. The number of benzene rings is 1. The van der Waals surface area contributed by atoms with Crippen LogP contribution in [0.5, 0.6) is 0 Å². The van der Waals surface area contributed by atoms with Crippen LogP contribution in [0.25, 0.3) is 0 Å². The topological polar surface area (TPSA) is 62.5 Å². The van der Waals surface area contributed by atoms with Crippen LogP contribution < -0.4 is 10.6 Å². The Balaban J connectivity index is 0.00000312. The lowest BCUT2D eigenvalue weighted by Gasteiger charge is -2.10. The van der Waals surface area contributed by atoms with Gasteiger partial charge in [-0.05, 0) is 29.9 Å². The van der Waals surface area contributed by atoms with E-state index >= 15 is 0 Å². The van der Waals surface area contributed by atoms with Crippen LogP contribution in [0.15, 0.2) is 39.8 Å². The number of aryl methyl sites for hydroxylation is 1. The van der Waals surface area contributed by atoms with Gasteiger partial charge in [0, 0.05) is 19.7 Å². The molecule has 0 saturated heterocycles. The third-order valence-corrected chi connectivity index (χ3v) is 3.96. The Labute approximate surface area is 167 Å². The molecule has 0 fully saturated rings. The van der Waals surface area contributed by atoms with Crippen LogP contribution in [-0.4, -0.2) is 24.7 Å². The fraction of sp³-hybridized carbons (Fsp3) is 0.474. The number of hydrogen-bond donors (Lipinski definition) is 2. The fourth-order valence-electron chi connectivity index (χ4n) is 2.34. The first-order valence-corrected chi connectivity index (χ1v) is 8.60. The number of hydrogen-bond acceptors (Lipinski definition) is 3. The lowest BCUT2D eigenvalue weighted by Crippen LogP contribution is -2.37. The van der Waals surface area contributed by atoms with Crippen molar-refractivity contribution in [1.29, 1.82) is 0 Å². The number of nitrogens with one attached hydrogen (secondary N) is 2. The van der Waals surface area contributed by atoms with Crippen LogP contribution >= 0.6 is 24.0 Å². The Kier molecular flexibility index (Phi) is 9.55. The van der Waals surface area contributed by atoms with Gasteiger partial charge in [0.25, 0.3) is 0 Å². The van der Waals surface area contributed by atoms with E-state index < -0.39 is 0 Å². The SMILES string of the molecule is CCc1ccc(CCNC(=NC)NCc2cc(C(C)C)no2)cc1.I. The predicted octanol–water partition coefficient (Wildman–Crippen LogP) is 3.89. The summed E-state index contributed by atoms with van der Waals surface area (Å²) in [5.41, 5.74) is 3.68. The minimum atomic E-state index is 0. The molecule has 25 heavy (non-hydrogen) atoms. The van der Waals surface area contributed by atoms with Crippen LogP contribution in [0.3, 0.4) is 0 Å². The zero-order chi connectivity index (χ0) is 17.4. The van der Waals surface area contributed by atoms with Crippen molar-refractivity contribution in [2.45, 2.75) is 46.1 Å². The molecule has 6 heteroatoms. The van der Waals surface area contributed by atoms with Gasteiger partial charge in [0.15, 0.2) is 11.7 Å². The third-order valence-electron chi connectivity index (χ3n) is 3.96. The Morgan fingerprint density at radius 2 is 1.84 bits per heavy atom. The summed E-state index contributed by atoms with van der Waals surface area (Å²) >= 11 is 0. The molecule has 138 valence electrons. The first-order chi connectivity index (χ1) is 11.6. The molecule has 0 amide bonds. The van der Waals surface area contributed by atoms with Crippen molar-refractivity contribution in [2.75, 3.05) is 13.6 Å². The number of nitrogens with zero attached hydrogens (tertiary/aromatic N) is 2. The quantitative estimate of drug-likeness (QED) is 0.377. The fourth-order valence-corrected chi connectivity index (χ4v) is 2.34. The Morgan fingerprint density at radius 1 is 1.16 bits per heavy atom. The van der Waals surface area contributed by atoms with Crippen LogP contribution in [0.4, 0.5) is 0 Å². The number of aliphatic imine (C=N–C) groups is 1. The maximum Gasteiger partial charge on any atom is 0.191 e. The van der Waals surface area contributed by atoms with E-state index in [0.717, 1.165) is 36.8 Å². The molecule has 0 aliphatic carbocycles. The summed E-state index contributed by atoms with van der Waals surface area (Å²) in [5, 5.41) is 10.6. The molecule has 1 heterocycles. The van der Waals surface area contributed by atoms with Crippen LogP contribution in [0, 0.1) is 0 Å². The average Bonchev–Trinajstić information content (AvgIpc) is 3.08. The molecule has 0 atom stereocenters. The van der Waals surface area contributed by atoms with Gasteiger partial charge in [-0.2, -0.15) is 0 Å². The van der Waals surface area contributed by atoms with Crippen molar-refractivity contribution >= 4 is 29.9 Å². The van der Waals surface area contributed by atoms with Gasteiger partial charge in [0.1, 0.15) is 0 Å². The molecule has 0 aliphatic heterocycles. The zero-order valence-electron chi connectivity index (χ0n) is 15.5. The van der Waals surface area contributed by atoms with Gasteiger partial charge in [-0.1, -0.05) is 50.2 Å². The lowest BCUT2D eigenvalue weighted by atomic mass is 10.1. The molecular formula is C19H29IN4O. The van der Waals surface area contributed by atoms with E-state index in [9.17, 15) is 0 Å². The van der Waals surface area contributed by atoms with E-state index in [4.69, 9.17) is 4.52 Å². The van der Waals surface area contributed by atoms with Gasteiger partial charge in [0.05, 0.1) is 12.2 Å². The van der Waals surface area contributed by atoms with E-state index in [2.05, 4.69) is 65.8 Å². The van der Waals surface area contributed by atoms with Gasteiger partial charge in [0.2, 0.25) is 0 Å². The molecule has 2 rings (SSSR count). The summed E-state index contributed by atoms with van der Waals surface area (Å²) in [4.78, 5) is 4.24. The highest BCUT2D eigenvalue weighted by Gasteiger charge is 2.08. The molecule has 5 nitrogen and oxygen atoms in total. The smallest absolute Gasteiger partial charge is 0.191 e. The highest BCUT2D eigenvalue weighted by Crippen LogP contribution is 2.13. The summed E-state index contributed by atoms with van der Waals surface area (Å²) in [7, 11) is 1.77. The van der Waals surface area contributed by atoms with Crippen molar-refractivity contribution in [3.05, 3.63) is 52.9 Å². The molecule has 0 unspecified atom stereocenters. The van der Waals surface area contributed by atoms with Crippen molar-refractivity contribution in [3.63, 3.8) is 0 Å². The van der Waals surface area contributed by atoms with Crippen LogP contribution in [-0.2, 0) is 19.4 Å². The number of halogens is 1. The summed E-state index contributed by atoms with van der Waals surface area (Å²) in [6.07, 6.45) is 2.04. The van der Waals surface area contributed by atoms with E-state index in [1.165, 1.54) is 11.1 Å². The van der Waals surface area contributed by atoms with E-state index in [1.807, 2.05) is 6.07 Å². The second kappa shape index (κ2) is 11.1. The molecule has 0 spiro atoms. The number of rotatable bonds is 7. The zero-order valence-corrected chi connectivity index (χ0v) is 17.8. The minimum absolute atomic E-state index is 0. The van der Waals surface area contributed by atoms with Crippen molar-refractivity contribution in [1.82, 2.24) is 15.8 Å². The first kappa shape index (κ1) is 21.5. The van der Waals surface area contributed by atoms with E-state index in [1.54, 1.807) is 7.05 Å². The third kappa shape index (κ3) is 7.05. The maximum atomic E-state index is 5.32. The molecule has 2 N–H and O–H groups in total. The normalized spacial score (nSPS) is 11.3. The van der Waals surface area contributed by atoms with E-state index in [0.29, 0.717) is 12.5 Å². The highest BCUT2D eigenvalue weighted by molar-refractivity contribution is 14.0. The molecule has 0 bridgehead atoms. The number of aromatic nitrogens is 1. The van der Waals surface area contributed by atoms with Gasteiger partial charge in [-0.3, -0.25) is 4.99 Å². The largest absolute Gasteiger partial charge is 0.359 e. The maximum absolute atomic E-state index is 5.32. The Hall–Kier alpha value is -1.57. The summed E-state index contributed by atoms with van der Waals surface area (Å²) in [5.74, 6) is 1.96. The molecule has 0 aliphatic rings. The Bertz CT molecular complexity index is 650. The lowest BCUT2D eigenvalue weighted by molar-refractivity contribution is 0.372. The highest BCUT2D eigenvalue weighted by atomic mass is 127. The molecular weight excluding hydrogens is 427 g/mol. The summed E-state index contributed by atoms with van der Waals surface area (Å²) in [6, 6.07) is 10.8. The Morgan fingerprint density at radius 3 is 2.40 bits per heavy atom. The van der Waals surface area contributed by atoms with Gasteiger partial charge >= 0.3 is 0 Å².